The summed E-state index contributed by atoms with van der Waals surface area (Å²) in [5.41, 5.74) is 6.10. The second-order valence-electron chi connectivity index (χ2n) is 7.48. The van der Waals surface area contributed by atoms with E-state index in [1.54, 1.807) is 0 Å². The molecule has 0 aromatic heterocycles. The first-order chi connectivity index (χ1) is 12.6. The summed E-state index contributed by atoms with van der Waals surface area (Å²) in [7, 11) is 0. The molecule has 0 radical (unpaired) electrons. The second-order valence-corrected chi connectivity index (χ2v) is 7.92. The maximum Gasteiger partial charge on any atom is 0.253 e. The first-order valence-corrected chi connectivity index (χ1v) is 9.90. The fraction of sp³-hybridized carbons (Fsp3) is 0.409. The molecule has 4 rings (SSSR count). The number of halogens is 1. The van der Waals surface area contributed by atoms with Crippen molar-refractivity contribution in [2.45, 2.75) is 32.1 Å². The van der Waals surface area contributed by atoms with Gasteiger partial charge >= 0.3 is 0 Å². The molecular weight excluding hydrogens is 344 g/mol. The van der Waals surface area contributed by atoms with E-state index in [2.05, 4.69) is 36.5 Å². The van der Waals surface area contributed by atoms with Crippen LogP contribution in [0.15, 0.2) is 36.4 Å². The molecular formula is C22H25ClN2O. The van der Waals surface area contributed by atoms with Crippen molar-refractivity contribution in [1.82, 2.24) is 10.2 Å². The van der Waals surface area contributed by atoms with Crippen LogP contribution >= 0.6 is 11.6 Å². The van der Waals surface area contributed by atoms with E-state index in [1.165, 1.54) is 22.3 Å². The zero-order chi connectivity index (χ0) is 18.1. The molecule has 1 N–H and O–H groups in total. The van der Waals surface area contributed by atoms with E-state index in [0.29, 0.717) is 5.92 Å². The molecule has 0 aliphatic carbocycles. The van der Waals surface area contributed by atoms with Crippen LogP contribution < -0.4 is 5.32 Å². The first-order valence-electron chi connectivity index (χ1n) is 9.52. The molecule has 1 amide bonds. The molecule has 2 heterocycles. The minimum Gasteiger partial charge on any atom is -0.338 e. The third-order valence-corrected chi connectivity index (χ3v) is 5.90. The van der Waals surface area contributed by atoms with Crippen molar-refractivity contribution >= 4 is 17.5 Å². The predicted octanol–water partition coefficient (Wildman–Crippen LogP) is 3.83. The number of hydrogen-bond acceptors (Lipinski definition) is 2. The van der Waals surface area contributed by atoms with Crippen molar-refractivity contribution in [1.29, 1.82) is 0 Å². The highest BCUT2D eigenvalue weighted by Gasteiger charge is 2.24. The van der Waals surface area contributed by atoms with Crippen molar-refractivity contribution in [3.8, 4) is 0 Å². The quantitative estimate of drug-likeness (QED) is 0.829. The Balaban J connectivity index is 1.57. The standard InChI is InChI=1S/C22H25ClN2O/c1-15-14-25(11-8-17-4-5-20(23)13-21(15)17)22(26)19-3-2-16-6-9-24-10-7-18(16)12-19/h2-5,12-13,15,24H,6-11,14H2,1H3. The molecule has 136 valence electrons. The molecule has 2 aliphatic heterocycles. The predicted molar refractivity (Wildman–Crippen MR) is 106 cm³/mol. The van der Waals surface area contributed by atoms with Gasteiger partial charge < -0.3 is 10.2 Å². The minimum atomic E-state index is 0.149. The molecule has 4 heteroatoms. The maximum absolute atomic E-state index is 13.2. The highest BCUT2D eigenvalue weighted by atomic mass is 35.5. The van der Waals surface area contributed by atoms with Crippen molar-refractivity contribution in [3.05, 3.63) is 69.2 Å². The molecule has 0 saturated heterocycles. The molecule has 26 heavy (non-hydrogen) atoms. The van der Waals surface area contributed by atoms with E-state index in [1.807, 2.05) is 17.0 Å². The number of carbonyl (C=O) groups excluding carboxylic acids is 1. The summed E-state index contributed by atoms with van der Waals surface area (Å²) in [6.45, 7) is 5.69. The van der Waals surface area contributed by atoms with Crippen LogP contribution in [0.3, 0.4) is 0 Å². The highest BCUT2D eigenvalue weighted by Crippen LogP contribution is 2.29. The Morgan fingerprint density at radius 2 is 1.81 bits per heavy atom. The number of benzene rings is 2. The number of amides is 1. The topological polar surface area (TPSA) is 32.3 Å². The van der Waals surface area contributed by atoms with E-state index >= 15 is 0 Å². The van der Waals surface area contributed by atoms with E-state index in [0.717, 1.165) is 56.0 Å². The van der Waals surface area contributed by atoms with Gasteiger partial charge in [-0.25, -0.2) is 0 Å². The minimum absolute atomic E-state index is 0.149. The largest absolute Gasteiger partial charge is 0.338 e. The van der Waals surface area contributed by atoms with Crippen LogP contribution in [0, 0.1) is 0 Å². The van der Waals surface area contributed by atoms with Crippen LogP contribution in [-0.2, 0) is 19.3 Å². The van der Waals surface area contributed by atoms with Gasteiger partial charge in [-0.05, 0) is 84.8 Å². The summed E-state index contributed by atoms with van der Waals surface area (Å²) < 4.78 is 0. The molecule has 1 unspecified atom stereocenters. The maximum atomic E-state index is 13.2. The van der Waals surface area contributed by atoms with Gasteiger partial charge in [0.25, 0.3) is 5.91 Å². The van der Waals surface area contributed by atoms with Gasteiger partial charge in [-0.1, -0.05) is 30.7 Å². The Labute approximate surface area is 160 Å². The number of nitrogens with one attached hydrogen (secondary N) is 1. The Hall–Kier alpha value is -1.84. The van der Waals surface area contributed by atoms with Crippen LogP contribution in [0.4, 0.5) is 0 Å². The molecule has 2 aromatic carbocycles. The Morgan fingerprint density at radius 1 is 1.04 bits per heavy atom. The summed E-state index contributed by atoms with van der Waals surface area (Å²) in [5, 5.41) is 4.20. The average molecular weight is 369 g/mol. The summed E-state index contributed by atoms with van der Waals surface area (Å²) in [6.07, 6.45) is 2.93. The van der Waals surface area contributed by atoms with Crippen LogP contribution in [0.2, 0.25) is 5.02 Å². The van der Waals surface area contributed by atoms with Gasteiger partial charge in [-0.15, -0.1) is 0 Å². The zero-order valence-electron chi connectivity index (χ0n) is 15.2. The molecule has 0 spiro atoms. The van der Waals surface area contributed by atoms with E-state index in [-0.39, 0.29) is 5.91 Å². The molecule has 2 aliphatic rings. The van der Waals surface area contributed by atoms with Crippen LogP contribution in [0.25, 0.3) is 0 Å². The van der Waals surface area contributed by atoms with Crippen molar-refractivity contribution in [2.75, 3.05) is 26.2 Å². The molecule has 0 fully saturated rings. The molecule has 3 nitrogen and oxygen atoms in total. The monoisotopic (exact) mass is 368 g/mol. The lowest BCUT2D eigenvalue weighted by molar-refractivity contribution is 0.0754. The molecule has 2 aromatic rings. The van der Waals surface area contributed by atoms with E-state index < -0.39 is 0 Å². The van der Waals surface area contributed by atoms with Gasteiger partial charge in [0.05, 0.1) is 0 Å². The Morgan fingerprint density at radius 3 is 2.65 bits per heavy atom. The summed E-state index contributed by atoms with van der Waals surface area (Å²) in [4.78, 5) is 15.2. The first kappa shape index (κ1) is 17.6. The van der Waals surface area contributed by atoms with Crippen LogP contribution in [0.5, 0.6) is 0 Å². The third kappa shape index (κ3) is 3.51. The Bertz CT molecular complexity index is 833. The fourth-order valence-corrected chi connectivity index (χ4v) is 4.38. The number of carbonyl (C=O) groups is 1. The lowest BCUT2D eigenvalue weighted by Gasteiger charge is -2.23. The SMILES string of the molecule is CC1CN(C(=O)c2ccc3c(c2)CCNCC3)CCc2ccc(Cl)cc21. The Kier molecular flexibility index (Phi) is 5.01. The van der Waals surface area contributed by atoms with Gasteiger partial charge in [0.1, 0.15) is 0 Å². The van der Waals surface area contributed by atoms with Gasteiger partial charge in [0, 0.05) is 23.7 Å². The number of fused-ring (bicyclic) bond motifs is 2. The van der Waals surface area contributed by atoms with Crippen molar-refractivity contribution in [3.63, 3.8) is 0 Å². The van der Waals surface area contributed by atoms with E-state index in [4.69, 9.17) is 11.6 Å². The third-order valence-electron chi connectivity index (χ3n) is 5.67. The van der Waals surface area contributed by atoms with Gasteiger partial charge in [0.15, 0.2) is 0 Å². The second kappa shape index (κ2) is 7.42. The summed E-state index contributed by atoms with van der Waals surface area (Å²) in [6, 6.07) is 12.4. The molecule has 0 bridgehead atoms. The lowest BCUT2D eigenvalue weighted by Crippen LogP contribution is -2.34. The molecule has 1 atom stereocenters. The number of rotatable bonds is 1. The fourth-order valence-electron chi connectivity index (χ4n) is 4.20. The van der Waals surface area contributed by atoms with Crippen LogP contribution in [0.1, 0.15) is 45.5 Å². The van der Waals surface area contributed by atoms with Gasteiger partial charge in [-0.3, -0.25) is 4.79 Å². The molecule has 0 saturated carbocycles. The van der Waals surface area contributed by atoms with Crippen molar-refractivity contribution < 1.29 is 4.79 Å². The number of hydrogen-bond donors (Lipinski definition) is 1. The lowest BCUT2D eigenvalue weighted by atomic mass is 9.95. The van der Waals surface area contributed by atoms with Gasteiger partial charge in [0.2, 0.25) is 0 Å². The highest BCUT2D eigenvalue weighted by molar-refractivity contribution is 6.30. The normalized spacial score (nSPS) is 19.9. The van der Waals surface area contributed by atoms with Crippen molar-refractivity contribution in [2.24, 2.45) is 0 Å². The number of nitrogens with zero attached hydrogens (tertiary/aromatic N) is 1. The summed E-state index contributed by atoms with van der Waals surface area (Å²) >= 11 is 6.19. The van der Waals surface area contributed by atoms with Gasteiger partial charge in [-0.2, -0.15) is 0 Å². The smallest absolute Gasteiger partial charge is 0.253 e. The average Bonchev–Trinajstić information content (AvgIpc) is 2.97. The summed E-state index contributed by atoms with van der Waals surface area (Å²) in [5.74, 6) is 0.441. The van der Waals surface area contributed by atoms with Crippen LogP contribution in [-0.4, -0.2) is 37.0 Å². The zero-order valence-corrected chi connectivity index (χ0v) is 16.0. The van der Waals surface area contributed by atoms with E-state index in [9.17, 15) is 4.79 Å².